The molecule has 0 aromatic heterocycles. The van der Waals surface area contributed by atoms with Crippen LogP contribution in [0.3, 0.4) is 0 Å². The highest BCUT2D eigenvalue weighted by Crippen LogP contribution is 2.82. The third-order valence-corrected chi connectivity index (χ3v) is 6.26. The van der Waals surface area contributed by atoms with Crippen LogP contribution in [0.15, 0.2) is 59.6 Å². The Hall–Kier alpha value is -3.39. The van der Waals surface area contributed by atoms with Crippen LogP contribution in [0.2, 0.25) is 0 Å². The van der Waals surface area contributed by atoms with Gasteiger partial charge in [-0.1, -0.05) is 42.5 Å². The Morgan fingerprint density at radius 3 is 2.47 bits per heavy atom. The smallest absolute Gasteiger partial charge is 0.293 e. The molecule has 2 aromatic rings. The quantitative estimate of drug-likeness (QED) is 0.844. The number of benzene rings is 2. The lowest BCUT2D eigenvalue weighted by atomic mass is 9.94. The van der Waals surface area contributed by atoms with E-state index >= 15 is 0 Å². The standard InChI is InChI=1S/C23H20N4O3/c1-15-11-29-23(30-15)22(14-25)19(21(22,13-24)20(26)27-23)17-7-9-18(10-8-17)28-12-16-5-3-2-4-6-16/h2-10,15,19H,11-12H2,1H3,(H2,26,27)/t15-,19-,21-,22-,23-/m1/s1. The van der Waals surface area contributed by atoms with Gasteiger partial charge in [0.05, 0.1) is 24.8 Å². The van der Waals surface area contributed by atoms with Crippen molar-refractivity contribution in [2.24, 2.45) is 21.6 Å². The average molecular weight is 400 g/mol. The van der Waals surface area contributed by atoms with E-state index in [1.807, 2.05) is 61.5 Å². The predicted octanol–water partition coefficient (Wildman–Crippen LogP) is 2.84. The van der Waals surface area contributed by atoms with Crippen LogP contribution in [0.4, 0.5) is 0 Å². The summed E-state index contributed by atoms with van der Waals surface area (Å²) < 4.78 is 17.6. The Morgan fingerprint density at radius 2 is 1.87 bits per heavy atom. The fourth-order valence-corrected chi connectivity index (χ4v) is 4.86. The van der Waals surface area contributed by atoms with E-state index in [4.69, 9.17) is 19.9 Å². The van der Waals surface area contributed by atoms with Gasteiger partial charge in [-0.2, -0.15) is 10.5 Å². The third kappa shape index (κ3) is 2.16. The van der Waals surface area contributed by atoms with E-state index in [2.05, 4.69) is 17.1 Å². The van der Waals surface area contributed by atoms with Crippen LogP contribution in [0.1, 0.15) is 24.0 Å². The van der Waals surface area contributed by atoms with Crippen molar-refractivity contribution >= 4 is 5.84 Å². The minimum Gasteiger partial charge on any atom is -0.489 e. The first-order valence-corrected chi connectivity index (χ1v) is 9.80. The number of fused-ring (bicyclic) bond motifs is 2. The molecule has 3 aliphatic rings. The van der Waals surface area contributed by atoms with Gasteiger partial charge < -0.3 is 19.9 Å². The maximum atomic E-state index is 10.2. The van der Waals surface area contributed by atoms with E-state index in [9.17, 15) is 10.5 Å². The fraction of sp³-hybridized carbons (Fsp3) is 0.348. The molecule has 30 heavy (non-hydrogen) atoms. The zero-order chi connectivity index (χ0) is 21.0. The minimum atomic E-state index is -1.53. The van der Waals surface area contributed by atoms with Crippen molar-refractivity contribution in [3.8, 4) is 17.9 Å². The van der Waals surface area contributed by atoms with Gasteiger partial charge in [-0.05, 0) is 30.2 Å². The van der Waals surface area contributed by atoms with Gasteiger partial charge in [0.15, 0.2) is 5.41 Å². The molecule has 5 atom stereocenters. The van der Waals surface area contributed by atoms with E-state index in [0.717, 1.165) is 11.1 Å². The maximum absolute atomic E-state index is 10.2. The molecule has 2 aliphatic heterocycles. The Kier molecular flexibility index (Phi) is 3.91. The summed E-state index contributed by atoms with van der Waals surface area (Å²) >= 11 is 0. The Bertz CT molecular complexity index is 1100. The molecule has 1 saturated carbocycles. The highest BCUT2D eigenvalue weighted by Gasteiger charge is 2.94. The van der Waals surface area contributed by atoms with Crippen LogP contribution in [0.5, 0.6) is 5.75 Å². The van der Waals surface area contributed by atoms with Crippen molar-refractivity contribution in [3.05, 3.63) is 65.7 Å². The number of nitrogens with zero attached hydrogens (tertiary/aromatic N) is 3. The van der Waals surface area contributed by atoms with Crippen LogP contribution in [0, 0.1) is 33.5 Å². The molecule has 150 valence electrons. The van der Waals surface area contributed by atoms with E-state index < -0.39 is 22.7 Å². The fourth-order valence-electron chi connectivity index (χ4n) is 4.86. The highest BCUT2D eigenvalue weighted by molar-refractivity contribution is 6.00. The van der Waals surface area contributed by atoms with E-state index in [1.54, 1.807) is 0 Å². The number of ether oxygens (including phenoxy) is 3. The summed E-state index contributed by atoms with van der Waals surface area (Å²) in [7, 11) is 0. The van der Waals surface area contributed by atoms with Crippen LogP contribution in [0.25, 0.3) is 0 Å². The number of nitriles is 2. The summed E-state index contributed by atoms with van der Waals surface area (Å²) in [6.45, 7) is 2.59. The van der Waals surface area contributed by atoms with Crippen LogP contribution >= 0.6 is 0 Å². The van der Waals surface area contributed by atoms with E-state index in [-0.39, 0.29) is 11.9 Å². The molecule has 1 spiro atoms. The van der Waals surface area contributed by atoms with Gasteiger partial charge in [-0.15, -0.1) is 0 Å². The van der Waals surface area contributed by atoms with Crippen molar-refractivity contribution < 1.29 is 14.2 Å². The molecule has 2 aromatic carbocycles. The normalized spacial score (nSPS) is 35.9. The van der Waals surface area contributed by atoms with Gasteiger partial charge in [-0.25, -0.2) is 4.99 Å². The monoisotopic (exact) mass is 400 g/mol. The topological polar surface area (TPSA) is 114 Å². The molecule has 2 heterocycles. The molecule has 1 saturated heterocycles. The molecule has 1 aliphatic carbocycles. The number of rotatable bonds is 4. The number of nitrogens with two attached hydrogens (primary N) is 1. The van der Waals surface area contributed by atoms with Gasteiger partial charge >= 0.3 is 0 Å². The lowest BCUT2D eigenvalue weighted by Crippen LogP contribution is -2.39. The molecule has 7 nitrogen and oxygen atoms in total. The number of amidine groups is 1. The van der Waals surface area contributed by atoms with Crippen LogP contribution < -0.4 is 10.5 Å². The van der Waals surface area contributed by atoms with Crippen molar-refractivity contribution in [2.45, 2.75) is 31.5 Å². The van der Waals surface area contributed by atoms with E-state index in [0.29, 0.717) is 19.0 Å². The van der Waals surface area contributed by atoms with Gasteiger partial charge in [-0.3, -0.25) is 0 Å². The molecule has 0 amide bonds. The second kappa shape index (κ2) is 6.30. The molecule has 2 N–H and O–H groups in total. The summed E-state index contributed by atoms with van der Waals surface area (Å²) in [6, 6.07) is 21.8. The Balaban J connectivity index is 1.44. The minimum absolute atomic E-state index is 0.0926. The summed E-state index contributed by atoms with van der Waals surface area (Å²) in [5, 5.41) is 20.2. The first-order valence-electron chi connectivity index (χ1n) is 9.80. The van der Waals surface area contributed by atoms with Crippen molar-refractivity contribution in [2.75, 3.05) is 6.61 Å². The SMILES string of the molecule is C[C@@H]1CO[C@@]2(N=C(N)[C@@]3(C#N)[C@@H](c4ccc(OCc5ccccc5)cc4)[C@@]23C#N)O1. The molecule has 2 fully saturated rings. The molecule has 7 heteroatoms. The molecular formula is C23H20N4O3. The molecule has 0 bridgehead atoms. The lowest BCUT2D eigenvalue weighted by Gasteiger charge is -2.26. The first-order chi connectivity index (χ1) is 14.5. The van der Waals surface area contributed by atoms with Crippen molar-refractivity contribution in [3.63, 3.8) is 0 Å². The second-order valence-corrected chi connectivity index (χ2v) is 7.93. The summed E-state index contributed by atoms with van der Waals surface area (Å²) in [5.74, 6) is -1.24. The van der Waals surface area contributed by atoms with Gasteiger partial charge in [0, 0.05) is 5.92 Å². The maximum Gasteiger partial charge on any atom is 0.293 e. The number of hydrogen-bond acceptors (Lipinski definition) is 7. The average Bonchev–Trinajstić information content (AvgIpc) is 3.16. The summed E-state index contributed by atoms with van der Waals surface area (Å²) in [5.41, 5.74) is 5.48. The molecule has 5 rings (SSSR count). The highest BCUT2D eigenvalue weighted by atomic mass is 16.8. The third-order valence-electron chi connectivity index (χ3n) is 6.26. The molecule has 0 unspecified atom stereocenters. The lowest BCUT2D eigenvalue weighted by molar-refractivity contribution is -0.193. The number of hydrogen-bond donors (Lipinski definition) is 1. The first kappa shape index (κ1) is 18.6. The molecular weight excluding hydrogens is 380 g/mol. The second-order valence-electron chi connectivity index (χ2n) is 7.93. The zero-order valence-electron chi connectivity index (χ0n) is 16.4. The largest absolute Gasteiger partial charge is 0.489 e. The molecule has 0 radical (unpaired) electrons. The van der Waals surface area contributed by atoms with Gasteiger partial charge in [0.1, 0.15) is 23.6 Å². The van der Waals surface area contributed by atoms with Crippen LogP contribution in [-0.2, 0) is 16.1 Å². The Labute approximate surface area is 174 Å². The van der Waals surface area contributed by atoms with Crippen molar-refractivity contribution in [1.29, 1.82) is 10.5 Å². The van der Waals surface area contributed by atoms with Gasteiger partial charge in [0.2, 0.25) is 0 Å². The zero-order valence-corrected chi connectivity index (χ0v) is 16.4. The predicted molar refractivity (Wildman–Crippen MR) is 107 cm³/mol. The van der Waals surface area contributed by atoms with Crippen molar-refractivity contribution in [1.82, 2.24) is 0 Å². The van der Waals surface area contributed by atoms with Gasteiger partial charge in [0.25, 0.3) is 5.91 Å². The van der Waals surface area contributed by atoms with Crippen LogP contribution in [-0.4, -0.2) is 24.5 Å². The number of aliphatic imine (C=N–C) groups is 1. The Morgan fingerprint density at radius 1 is 1.13 bits per heavy atom. The summed E-state index contributed by atoms with van der Waals surface area (Å²) in [4.78, 5) is 4.32. The van der Waals surface area contributed by atoms with E-state index in [1.165, 1.54) is 0 Å². The summed E-state index contributed by atoms with van der Waals surface area (Å²) in [6.07, 6.45) is -0.240.